The molecule has 2 aromatic rings. The van der Waals surface area contributed by atoms with Crippen molar-refractivity contribution in [3.05, 3.63) is 74.7 Å². The fourth-order valence-corrected chi connectivity index (χ4v) is 4.33. The van der Waals surface area contributed by atoms with E-state index in [1.54, 1.807) is 12.1 Å². The van der Waals surface area contributed by atoms with E-state index in [1.807, 2.05) is 0 Å². The number of ketones is 1. The molecule has 0 saturated heterocycles. The number of phenols is 1. The van der Waals surface area contributed by atoms with E-state index in [2.05, 4.69) is 5.32 Å². The normalized spacial score (nSPS) is 20.8. The van der Waals surface area contributed by atoms with Gasteiger partial charge in [0.2, 0.25) is 11.7 Å². The number of rotatable bonds is 4. The first-order chi connectivity index (χ1) is 14.8. The molecule has 0 aromatic heterocycles. The molecule has 0 spiro atoms. The summed E-state index contributed by atoms with van der Waals surface area (Å²) in [4.78, 5) is 36.1. The molecule has 1 aliphatic carbocycles. The topological polar surface area (TPSA) is 119 Å². The lowest BCUT2D eigenvalue weighted by molar-refractivity contribution is -0.386. The molecule has 2 aliphatic rings. The maximum atomic E-state index is 13.3. The molecule has 2 atom stereocenters. The standard InChI is InChI=1S/C22H19FN2O6/c1-31-19-9-13(7-17(22(19)28)25(29)30)15-10-20(27)24-16-6-12(8-18(26)21(15)16)11-2-4-14(23)5-3-11/h2-5,7,9,12,15,28H,6,8,10H2,1H3,(H,24,27)/t12-,15+/m0/s1. The van der Waals surface area contributed by atoms with Crippen molar-refractivity contribution in [1.29, 1.82) is 0 Å². The summed E-state index contributed by atoms with van der Waals surface area (Å²) in [6, 6.07) is 8.48. The van der Waals surface area contributed by atoms with Crippen LogP contribution in [0.25, 0.3) is 0 Å². The second-order valence-corrected chi connectivity index (χ2v) is 7.63. The third-order valence-corrected chi connectivity index (χ3v) is 5.77. The summed E-state index contributed by atoms with van der Waals surface area (Å²) in [5.74, 6) is -2.50. The summed E-state index contributed by atoms with van der Waals surface area (Å²) in [7, 11) is 1.26. The molecule has 1 aliphatic heterocycles. The quantitative estimate of drug-likeness (QED) is 0.571. The Morgan fingerprint density at radius 2 is 1.84 bits per heavy atom. The number of nitrogens with one attached hydrogen (secondary N) is 1. The van der Waals surface area contributed by atoms with E-state index in [1.165, 1.54) is 31.4 Å². The van der Waals surface area contributed by atoms with Crippen LogP contribution in [0.15, 0.2) is 47.7 Å². The molecule has 4 rings (SSSR count). The smallest absolute Gasteiger partial charge is 0.314 e. The number of phenolic OH excluding ortho intramolecular Hbond substituents is 1. The number of halogens is 1. The van der Waals surface area contributed by atoms with Crippen molar-refractivity contribution in [2.75, 3.05) is 7.11 Å². The van der Waals surface area contributed by atoms with Crippen molar-refractivity contribution >= 4 is 17.4 Å². The summed E-state index contributed by atoms with van der Waals surface area (Å²) >= 11 is 0. The van der Waals surface area contributed by atoms with Gasteiger partial charge in [0.15, 0.2) is 11.5 Å². The van der Waals surface area contributed by atoms with Crippen LogP contribution >= 0.6 is 0 Å². The zero-order valence-electron chi connectivity index (χ0n) is 16.6. The van der Waals surface area contributed by atoms with Gasteiger partial charge in [0.05, 0.1) is 12.0 Å². The molecule has 0 unspecified atom stereocenters. The summed E-state index contributed by atoms with van der Waals surface area (Å²) in [6.07, 6.45) is 0.497. The average Bonchev–Trinajstić information content (AvgIpc) is 2.73. The Hall–Kier alpha value is -3.75. The van der Waals surface area contributed by atoms with E-state index in [4.69, 9.17) is 4.74 Å². The van der Waals surface area contributed by atoms with Crippen LogP contribution in [0.3, 0.4) is 0 Å². The van der Waals surface area contributed by atoms with E-state index in [0.29, 0.717) is 23.3 Å². The number of benzene rings is 2. The van der Waals surface area contributed by atoms with Gasteiger partial charge in [-0.1, -0.05) is 12.1 Å². The Balaban J connectivity index is 1.77. The van der Waals surface area contributed by atoms with Crippen LogP contribution in [0.5, 0.6) is 11.5 Å². The van der Waals surface area contributed by atoms with Gasteiger partial charge in [-0.2, -0.15) is 0 Å². The molecular weight excluding hydrogens is 407 g/mol. The van der Waals surface area contributed by atoms with Gasteiger partial charge in [0.1, 0.15) is 5.82 Å². The fourth-order valence-electron chi connectivity index (χ4n) is 4.33. The highest BCUT2D eigenvalue weighted by Gasteiger charge is 2.39. The molecule has 31 heavy (non-hydrogen) atoms. The molecule has 0 fully saturated rings. The molecule has 0 bridgehead atoms. The van der Waals surface area contributed by atoms with Crippen molar-refractivity contribution in [3.63, 3.8) is 0 Å². The zero-order chi connectivity index (χ0) is 22.3. The van der Waals surface area contributed by atoms with Gasteiger partial charge >= 0.3 is 5.69 Å². The molecule has 9 heteroatoms. The Labute approximate surface area is 176 Å². The number of nitro benzene ring substituents is 1. The predicted molar refractivity (Wildman–Crippen MR) is 107 cm³/mol. The summed E-state index contributed by atoms with van der Waals surface area (Å²) in [6.45, 7) is 0. The number of nitrogens with zero attached hydrogens (tertiary/aromatic N) is 1. The van der Waals surface area contributed by atoms with Gasteiger partial charge in [-0.25, -0.2) is 4.39 Å². The first kappa shape index (κ1) is 20.5. The number of carbonyl (C=O) groups excluding carboxylic acids is 2. The maximum absolute atomic E-state index is 13.3. The Morgan fingerprint density at radius 3 is 2.48 bits per heavy atom. The highest BCUT2D eigenvalue weighted by Crippen LogP contribution is 2.46. The molecule has 2 aromatic carbocycles. The van der Waals surface area contributed by atoms with Crippen molar-refractivity contribution < 1.29 is 28.7 Å². The first-order valence-corrected chi connectivity index (χ1v) is 9.65. The molecule has 0 saturated carbocycles. The number of Topliss-reactive ketones (excluding diaryl/α,β-unsaturated/α-hetero) is 1. The van der Waals surface area contributed by atoms with Crippen LogP contribution in [-0.2, 0) is 9.59 Å². The van der Waals surface area contributed by atoms with Crippen LogP contribution in [0.4, 0.5) is 10.1 Å². The molecule has 2 N–H and O–H groups in total. The lowest BCUT2D eigenvalue weighted by Gasteiger charge is -2.34. The monoisotopic (exact) mass is 426 g/mol. The van der Waals surface area contributed by atoms with Gasteiger partial charge in [0, 0.05) is 36.1 Å². The number of methoxy groups -OCH3 is 1. The van der Waals surface area contributed by atoms with Crippen molar-refractivity contribution in [3.8, 4) is 11.5 Å². The van der Waals surface area contributed by atoms with E-state index in [-0.39, 0.29) is 42.0 Å². The van der Waals surface area contributed by atoms with Gasteiger partial charge in [-0.3, -0.25) is 19.7 Å². The second-order valence-electron chi connectivity index (χ2n) is 7.63. The van der Waals surface area contributed by atoms with E-state index >= 15 is 0 Å². The highest BCUT2D eigenvalue weighted by molar-refractivity contribution is 6.02. The van der Waals surface area contributed by atoms with Crippen LogP contribution in [0, 0.1) is 15.9 Å². The number of hydrogen-bond donors (Lipinski definition) is 2. The Kier molecular flexibility index (Phi) is 5.18. The van der Waals surface area contributed by atoms with Crippen molar-refractivity contribution in [1.82, 2.24) is 5.32 Å². The number of allylic oxidation sites excluding steroid dienone is 2. The number of nitro groups is 1. The number of ether oxygens (including phenoxy) is 1. The Morgan fingerprint density at radius 1 is 1.13 bits per heavy atom. The van der Waals surface area contributed by atoms with Gasteiger partial charge < -0.3 is 15.2 Å². The molecule has 1 amide bonds. The zero-order valence-corrected chi connectivity index (χ0v) is 16.6. The Bertz CT molecular complexity index is 1130. The molecular formula is C22H19FN2O6. The van der Waals surface area contributed by atoms with Gasteiger partial charge in [-0.05, 0) is 41.7 Å². The molecule has 8 nitrogen and oxygen atoms in total. The molecule has 0 radical (unpaired) electrons. The maximum Gasteiger partial charge on any atom is 0.314 e. The number of amides is 1. The molecule has 160 valence electrons. The highest BCUT2D eigenvalue weighted by atomic mass is 19.1. The third-order valence-electron chi connectivity index (χ3n) is 5.77. The first-order valence-electron chi connectivity index (χ1n) is 9.65. The predicted octanol–water partition coefficient (Wildman–Crippen LogP) is 3.45. The van der Waals surface area contributed by atoms with E-state index in [9.17, 15) is 29.2 Å². The van der Waals surface area contributed by atoms with Crippen molar-refractivity contribution in [2.24, 2.45) is 0 Å². The summed E-state index contributed by atoms with van der Waals surface area (Å²) in [5, 5.41) is 24.2. The van der Waals surface area contributed by atoms with E-state index in [0.717, 1.165) is 5.56 Å². The van der Waals surface area contributed by atoms with Gasteiger partial charge in [0.25, 0.3) is 0 Å². The summed E-state index contributed by atoms with van der Waals surface area (Å²) < 4.78 is 18.3. The van der Waals surface area contributed by atoms with Gasteiger partial charge in [-0.15, -0.1) is 0 Å². The second kappa shape index (κ2) is 7.82. The van der Waals surface area contributed by atoms with Crippen LogP contribution in [-0.4, -0.2) is 28.8 Å². The minimum absolute atomic E-state index is 0.0587. The lowest BCUT2D eigenvalue weighted by atomic mass is 9.73. The minimum Gasteiger partial charge on any atom is -0.500 e. The van der Waals surface area contributed by atoms with Crippen molar-refractivity contribution in [2.45, 2.75) is 31.1 Å². The molecule has 1 heterocycles. The lowest BCUT2D eigenvalue weighted by Crippen LogP contribution is -2.38. The fraction of sp³-hybridized carbons (Fsp3) is 0.273. The number of carbonyl (C=O) groups is 2. The van der Waals surface area contributed by atoms with Crippen LogP contribution in [0.2, 0.25) is 0 Å². The third kappa shape index (κ3) is 3.74. The van der Waals surface area contributed by atoms with Crippen LogP contribution < -0.4 is 10.1 Å². The summed E-state index contributed by atoms with van der Waals surface area (Å²) in [5.41, 5.74) is 1.45. The largest absolute Gasteiger partial charge is 0.500 e. The SMILES string of the molecule is COc1cc([C@H]2CC(=O)NC3=C2C(=O)C[C@@H](c2ccc(F)cc2)C3)cc([N+](=O)[O-])c1O. The van der Waals surface area contributed by atoms with E-state index < -0.39 is 22.3 Å². The van der Waals surface area contributed by atoms with Crippen LogP contribution in [0.1, 0.15) is 42.2 Å². The average molecular weight is 426 g/mol. The number of aromatic hydroxyl groups is 1. The number of hydrogen-bond acceptors (Lipinski definition) is 6. The minimum atomic E-state index is -0.743.